The number of aromatic hydroxyl groups is 2. The number of ether oxygens (including phenoxy) is 3. The van der Waals surface area contributed by atoms with E-state index in [4.69, 9.17) is 14.2 Å². The number of carbonyl (C=O) groups is 1. The van der Waals surface area contributed by atoms with Crippen LogP contribution in [0.1, 0.15) is 66.2 Å². The maximum Gasteiger partial charge on any atom is 0.181 e. The minimum Gasteiger partial charge on any atom is -0.507 e. The predicted molar refractivity (Wildman–Crippen MR) is 121 cm³/mol. The van der Waals surface area contributed by atoms with E-state index < -0.39 is 17.1 Å². The van der Waals surface area contributed by atoms with Crippen molar-refractivity contribution in [2.45, 2.75) is 51.7 Å². The summed E-state index contributed by atoms with van der Waals surface area (Å²) in [6, 6.07) is 3.24. The zero-order valence-corrected chi connectivity index (χ0v) is 18.8. The molecule has 0 saturated heterocycles. The second-order valence-electron chi connectivity index (χ2n) is 9.64. The molecule has 0 fully saturated rings. The molecule has 0 spiro atoms. The molecule has 1 unspecified atom stereocenters. The van der Waals surface area contributed by atoms with Gasteiger partial charge in [-0.3, -0.25) is 4.79 Å². The summed E-state index contributed by atoms with van der Waals surface area (Å²) in [5, 5.41) is 21.3. The van der Waals surface area contributed by atoms with Crippen LogP contribution in [0.3, 0.4) is 0 Å². The predicted octanol–water partition coefficient (Wildman–Crippen LogP) is 5.13. The number of hydrogen-bond acceptors (Lipinski definition) is 6. The van der Waals surface area contributed by atoms with Crippen LogP contribution < -0.4 is 14.2 Å². The first-order chi connectivity index (χ1) is 15.0. The highest BCUT2D eigenvalue weighted by Gasteiger charge is 2.40. The zero-order chi connectivity index (χ0) is 23.0. The average Bonchev–Trinajstić information content (AvgIpc) is 2.71. The molecule has 2 aromatic rings. The first kappa shape index (κ1) is 20.5. The molecule has 6 nitrogen and oxygen atoms in total. The third-order valence-electron chi connectivity index (χ3n) is 6.22. The van der Waals surface area contributed by atoms with Crippen molar-refractivity contribution in [3.05, 3.63) is 52.1 Å². The highest BCUT2D eigenvalue weighted by atomic mass is 16.5. The van der Waals surface area contributed by atoms with Crippen LogP contribution in [0.15, 0.2) is 24.3 Å². The quantitative estimate of drug-likeness (QED) is 0.647. The van der Waals surface area contributed by atoms with Crippen LogP contribution in [-0.4, -0.2) is 33.8 Å². The molecule has 6 heteroatoms. The van der Waals surface area contributed by atoms with Gasteiger partial charge in [0, 0.05) is 11.1 Å². The van der Waals surface area contributed by atoms with Crippen LogP contribution in [-0.2, 0) is 0 Å². The topological polar surface area (TPSA) is 85.2 Å². The Hall–Kier alpha value is -3.41. The van der Waals surface area contributed by atoms with E-state index in [1.165, 1.54) is 0 Å². The van der Waals surface area contributed by atoms with Gasteiger partial charge < -0.3 is 24.4 Å². The lowest BCUT2D eigenvalue weighted by Crippen LogP contribution is -2.32. The van der Waals surface area contributed by atoms with Crippen molar-refractivity contribution in [3.63, 3.8) is 0 Å². The van der Waals surface area contributed by atoms with Gasteiger partial charge in [0.05, 0.1) is 17.0 Å². The Labute approximate surface area is 186 Å². The van der Waals surface area contributed by atoms with Crippen molar-refractivity contribution in [1.29, 1.82) is 0 Å². The highest BCUT2D eigenvalue weighted by molar-refractivity contribution is 6.08. The number of phenolic OH excluding ortho intramolecular Hbond substituents is 2. The summed E-state index contributed by atoms with van der Waals surface area (Å²) in [5.74, 6) is 0.333. The molecule has 0 aliphatic carbocycles. The second kappa shape index (κ2) is 6.55. The summed E-state index contributed by atoms with van der Waals surface area (Å²) in [6.07, 6.45) is 7.46. The fourth-order valence-corrected chi connectivity index (χ4v) is 4.47. The van der Waals surface area contributed by atoms with E-state index in [2.05, 4.69) is 0 Å². The number of hydrogen-bond donors (Lipinski definition) is 2. The van der Waals surface area contributed by atoms with Gasteiger partial charge in [0.15, 0.2) is 5.78 Å². The zero-order valence-electron chi connectivity index (χ0n) is 18.8. The van der Waals surface area contributed by atoms with E-state index >= 15 is 0 Å². The van der Waals surface area contributed by atoms with Gasteiger partial charge in [0.1, 0.15) is 52.1 Å². The summed E-state index contributed by atoms with van der Waals surface area (Å²) in [4.78, 5) is 13.7. The Morgan fingerprint density at radius 2 is 1.53 bits per heavy atom. The van der Waals surface area contributed by atoms with Gasteiger partial charge in [-0.05, 0) is 65.0 Å². The molecule has 5 rings (SSSR count). The van der Waals surface area contributed by atoms with Gasteiger partial charge >= 0.3 is 0 Å². The van der Waals surface area contributed by atoms with Crippen LogP contribution in [0, 0.1) is 6.92 Å². The molecule has 0 aromatic heterocycles. The van der Waals surface area contributed by atoms with E-state index in [0.717, 1.165) is 0 Å². The summed E-state index contributed by atoms with van der Waals surface area (Å²) < 4.78 is 18.3. The minimum atomic E-state index is -0.688. The molecule has 166 valence electrons. The first-order valence-electron chi connectivity index (χ1n) is 10.7. The van der Waals surface area contributed by atoms with Crippen LogP contribution in [0.25, 0.3) is 12.2 Å². The molecule has 3 aliphatic heterocycles. The van der Waals surface area contributed by atoms with Crippen molar-refractivity contribution in [2.24, 2.45) is 0 Å². The first-order valence-corrected chi connectivity index (χ1v) is 10.7. The molecule has 1 atom stereocenters. The Kier molecular flexibility index (Phi) is 4.19. The molecule has 3 heterocycles. The van der Waals surface area contributed by atoms with Crippen molar-refractivity contribution in [1.82, 2.24) is 0 Å². The number of benzene rings is 2. The van der Waals surface area contributed by atoms with Crippen LogP contribution >= 0.6 is 0 Å². The number of phenols is 2. The molecule has 2 N–H and O–H groups in total. The molecule has 3 aliphatic rings. The molecular formula is C26H26O6. The van der Waals surface area contributed by atoms with Gasteiger partial charge in [-0.1, -0.05) is 6.07 Å². The van der Waals surface area contributed by atoms with E-state index in [-0.39, 0.29) is 29.5 Å². The van der Waals surface area contributed by atoms with Gasteiger partial charge in [-0.2, -0.15) is 0 Å². The van der Waals surface area contributed by atoms with Gasteiger partial charge in [0.2, 0.25) is 0 Å². The second-order valence-corrected chi connectivity index (χ2v) is 9.64. The SMILES string of the molecule is Cc1c(O)c2c(c3c1OC(C)(C)C=C3)OCC(c1ccc(O)c3c1OC(C)(C)C=C3)C2=O. The standard InChI is InChI=1S/C26H26O6/c1-13-20(28)19-21(29)17(12-30-24(19)16-9-11-25(2,3)31-22(13)16)14-6-7-18(27)15-8-10-26(4,5)32-23(14)15/h6-11,17,27-28H,12H2,1-5H3. The monoisotopic (exact) mass is 434 g/mol. The number of fused-ring (bicyclic) bond motifs is 4. The van der Waals surface area contributed by atoms with Gasteiger partial charge in [-0.15, -0.1) is 0 Å². The van der Waals surface area contributed by atoms with Crippen molar-refractivity contribution < 1.29 is 29.2 Å². The lowest BCUT2D eigenvalue weighted by molar-refractivity contribution is 0.0880. The minimum absolute atomic E-state index is 0.0812. The fourth-order valence-electron chi connectivity index (χ4n) is 4.47. The van der Waals surface area contributed by atoms with E-state index in [1.807, 2.05) is 52.0 Å². The number of rotatable bonds is 1. The van der Waals surface area contributed by atoms with E-state index in [1.54, 1.807) is 19.1 Å². The molecule has 0 radical (unpaired) electrons. The maximum absolute atomic E-state index is 13.7. The lowest BCUT2D eigenvalue weighted by Gasteiger charge is -2.35. The third kappa shape index (κ3) is 2.97. The molecule has 0 amide bonds. The molecule has 0 bridgehead atoms. The summed E-state index contributed by atoms with van der Waals surface area (Å²) in [5.41, 5.74) is 1.36. The molecule has 2 aromatic carbocycles. The van der Waals surface area contributed by atoms with Crippen LogP contribution in [0.4, 0.5) is 0 Å². The lowest BCUT2D eigenvalue weighted by atomic mass is 9.83. The molecule has 32 heavy (non-hydrogen) atoms. The fraction of sp³-hybridized carbons (Fsp3) is 0.346. The summed E-state index contributed by atoms with van der Waals surface area (Å²) >= 11 is 0. The maximum atomic E-state index is 13.7. The number of carbonyl (C=O) groups excluding carboxylic acids is 1. The van der Waals surface area contributed by atoms with Crippen molar-refractivity contribution in [2.75, 3.05) is 6.61 Å². The smallest absolute Gasteiger partial charge is 0.181 e. The van der Waals surface area contributed by atoms with Crippen molar-refractivity contribution in [3.8, 4) is 28.7 Å². The Morgan fingerprint density at radius 3 is 2.22 bits per heavy atom. The summed E-state index contributed by atoms with van der Waals surface area (Å²) in [6.45, 7) is 9.49. The van der Waals surface area contributed by atoms with Gasteiger partial charge in [-0.25, -0.2) is 0 Å². The summed E-state index contributed by atoms with van der Waals surface area (Å²) in [7, 11) is 0. The Morgan fingerprint density at radius 1 is 0.906 bits per heavy atom. The van der Waals surface area contributed by atoms with Gasteiger partial charge in [0.25, 0.3) is 0 Å². The Balaban J connectivity index is 1.64. The van der Waals surface area contributed by atoms with E-state index in [9.17, 15) is 15.0 Å². The van der Waals surface area contributed by atoms with Crippen molar-refractivity contribution >= 4 is 17.9 Å². The number of ketones is 1. The van der Waals surface area contributed by atoms with E-state index in [0.29, 0.717) is 39.5 Å². The molecular weight excluding hydrogens is 408 g/mol. The van der Waals surface area contributed by atoms with Crippen LogP contribution in [0.2, 0.25) is 0 Å². The number of Topliss-reactive ketones (excluding diaryl/α,β-unsaturated/α-hetero) is 1. The third-order valence-corrected chi connectivity index (χ3v) is 6.22. The Bertz CT molecular complexity index is 1230. The highest BCUT2D eigenvalue weighted by Crippen LogP contribution is 2.51. The largest absolute Gasteiger partial charge is 0.507 e. The molecule has 0 saturated carbocycles. The van der Waals surface area contributed by atoms with Crippen LogP contribution in [0.5, 0.6) is 28.7 Å². The normalized spacial score (nSPS) is 21.5. The average molecular weight is 434 g/mol.